The molecule has 1 N–H and O–H groups in total. The minimum absolute atomic E-state index is 0.102. The summed E-state index contributed by atoms with van der Waals surface area (Å²) in [5, 5.41) is 3.31. The van der Waals surface area contributed by atoms with Crippen LogP contribution in [0.2, 0.25) is 0 Å². The second-order valence-corrected chi connectivity index (χ2v) is 4.00. The van der Waals surface area contributed by atoms with Crippen molar-refractivity contribution in [2.75, 3.05) is 26.2 Å². The van der Waals surface area contributed by atoms with Gasteiger partial charge >= 0.3 is 6.09 Å². The van der Waals surface area contributed by atoms with Crippen molar-refractivity contribution < 1.29 is 9.53 Å². The van der Waals surface area contributed by atoms with Crippen molar-refractivity contribution in [3.8, 4) is 0 Å². The zero-order chi connectivity index (χ0) is 9.80. The molecule has 0 saturated carbocycles. The predicted octanol–water partition coefficient (Wildman–Crippen LogP) is 0.971. The van der Waals surface area contributed by atoms with Gasteiger partial charge in [0.15, 0.2) is 0 Å². The fraction of sp³-hybridized carbons (Fsp3) is 0.900. The van der Waals surface area contributed by atoms with Crippen molar-refractivity contribution in [3.05, 3.63) is 0 Å². The van der Waals surface area contributed by atoms with Crippen molar-refractivity contribution in [2.45, 2.75) is 31.7 Å². The van der Waals surface area contributed by atoms with E-state index in [2.05, 4.69) is 5.32 Å². The highest BCUT2D eigenvalue weighted by molar-refractivity contribution is 5.68. The number of piperidine rings is 1. The van der Waals surface area contributed by atoms with Gasteiger partial charge in [-0.15, -0.1) is 0 Å². The van der Waals surface area contributed by atoms with Gasteiger partial charge in [0.2, 0.25) is 0 Å². The molecule has 2 rings (SSSR count). The predicted molar refractivity (Wildman–Crippen MR) is 53.2 cm³/mol. The number of amides is 1. The Labute approximate surface area is 84.6 Å². The van der Waals surface area contributed by atoms with E-state index < -0.39 is 0 Å². The number of ether oxygens (including phenoxy) is 1. The molecule has 2 heterocycles. The lowest BCUT2D eigenvalue weighted by molar-refractivity contribution is 0.0930. The molecule has 4 nitrogen and oxygen atoms in total. The molecule has 0 aromatic carbocycles. The number of hydrogen-bond acceptors (Lipinski definition) is 3. The summed E-state index contributed by atoms with van der Waals surface area (Å²) in [5.41, 5.74) is 0. The quantitative estimate of drug-likeness (QED) is 0.682. The van der Waals surface area contributed by atoms with E-state index in [9.17, 15) is 4.79 Å². The van der Waals surface area contributed by atoms with Crippen LogP contribution in [0.3, 0.4) is 0 Å². The summed E-state index contributed by atoms with van der Waals surface area (Å²) in [7, 11) is 0. The minimum atomic E-state index is -0.102. The zero-order valence-corrected chi connectivity index (χ0v) is 8.50. The summed E-state index contributed by atoms with van der Waals surface area (Å²) in [6, 6.07) is 0.404. The highest BCUT2D eigenvalue weighted by atomic mass is 16.6. The summed E-state index contributed by atoms with van der Waals surface area (Å²) in [5.74, 6) is 0. The molecule has 80 valence electrons. The number of cyclic esters (lactones) is 1. The average Bonchev–Trinajstić information content (AvgIpc) is 2.44. The van der Waals surface area contributed by atoms with Gasteiger partial charge in [0.25, 0.3) is 0 Å². The number of hydrogen-bond donors (Lipinski definition) is 1. The lowest BCUT2D eigenvalue weighted by atomic mass is 10.1. The number of nitrogens with one attached hydrogen (secondary N) is 1. The Balaban J connectivity index is 1.95. The van der Waals surface area contributed by atoms with Gasteiger partial charge in [-0.05, 0) is 38.8 Å². The van der Waals surface area contributed by atoms with E-state index in [-0.39, 0.29) is 6.09 Å². The molecule has 1 amide bonds. The van der Waals surface area contributed by atoms with E-state index >= 15 is 0 Å². The van der Waals surface area contributed by atoms with Crippen LogP contribution in [-0.2, 0) is 4.74 Å². The molecule has 0 bridgehead atoms. The van der Waals surface area contributed by atoms with Crippen LogP contribution < -0.4 is 5.32 Å². The van der Waals surface area contributed by atoms with Gasteiger partial charge in [-0.1, -0.05) is 0 Å². The molecular weight excluding hydrogens is 180 g/mol. The highest BCUT2D eigenvalue weighted by Crippen LogP contribution is 2.16. The Morgan fingerprint density at radius 2 is 2.07 bits per heavy atom. The Kier molecular flexibility index (Phi) is 3.24. The summed E-state index contributed by atoms with van der Waals surface area (Å²) >= 11 is 0. The number of nitrogens with zero attached hydrogens (tertiary/aromatic N) is 1. The fourth-order valence-corrected chi connectivity index (χ4v) is 2.17. The first-order valence-electron chi connectivity index (χ1n) is 5.52. The summed E-state index contributed by atoms with van der Waals surface area (Å²) in [6.07, 6.45) is 4.11. The molecule has 2 aliphatic heterocycles. The van der Waals surface area contributed by atoms with Gasteiger partial charge in [-0.3, -0.25) is 0 Å². The van der Waals surface area contributed by atoms with E-state index in [0.29, 0.717) is 12.6 Å². The third kappa shape index (κ3) is 2.18. The number of carbonyl (C=O) groups excluding carboxylic acids is 1. The largest absolute Gasteiger partial charge is 0.449 e. The first-order chi connectivity index (χ1) is 6.88. The molecule has 2 fully saturated rings. The van der Waals surface area contributed by atoms with Crippen LogP contribution in [0.25, 0.3) is 0 Å². The first kappa shape index (κ1) is 9.77. The first-order valence-corrected chi connectivity index (χ1v) is 5.52. The van der Waals surface area contributed by atoms with Crippen molar-refractivity contribution in [3.63, 3.8) is 0 Å². The normalized spacial score (nSPS) is 25.7. The number of rotatable bonds is 1. The maximum absolute atomic E-state index is 11.6. The van der Waals surface area contributed by atoms with Crippen molar-refractivity contribution in [2.24, 2.45) is 0 Å². The smallest absolute Gasteiger partial charge is 0.410 e. The van der Waals surface area contributed by atoms with E-state index in [1.54, 1.807) is 0 Å². The van der Waals surface area contributed by atoms with Crippen molar-refractivity contribution >= 4 is 6.09 Å². The SMILES string of the molecule is O=C1OCCCCN1C1CCNCC1. The second kappa shape index (κ2) is 4.64. The van der Waals surface area contributed by atoms with E-state index in [1.165, 1.54) is 0 Å². The van der Waals surface area contributed by atoms with Crippen LogP contribution in [-0.4, -0.2) is 43.3 Å². The number of carbonyl (C=O) groups is 1. The topological polar surface area (TPSA) is 41.6 Å². The Morgan fingerprint density at radius 1 is 1.29 bits per heavy atom. The van der Waals surface area contributed by atoms with Crippen LogP contribution in [0, 0.1) is 0 Å². The monoisotopic (exact) mass is 198 g/mol. The van der Waals surface area contributed by atoms with Crippen molar-refractivity contribution in [1.82, 2.24) is 10.2 Å². The molecule has 0 aliphatic carbocycles. The van der Waals surface area contributed by atoms with Gasteiger partial charge in [-0.25, -0.2) is 4.79 Å². The van der Waals surface area contributed by atoms with E-state index in [0.717, 1.165) is 45.3 Å². The summed E-state index contributed by atoms with van der Waals surface area (Å²) < 4.78 is 5.14. The molecule has 0 aromatic rings. The van der Waals surface area contributed by atoms with Crippen LogP contribution in [0.4, 0.5) is 4.79 Å². The zero-order valence-electron chi connectivity index (χ0n) is 8.50. The van der Waals surface area contributed by atoms with Gasteiger partial charge in [0.05, 0.1) is 6.61 Å². The lowest BCUT2D eigenvalue weighted by Gasteiger charge is -2.32. The van der Waals surface area contributed by atoms with E-state index in [1.807, 2.05) is 4.90 Å². The van der Waals surface area contributed by atoms with Crippen molar-refractivity contribution in [1.29, 1.82) is 0 Å². The Hall–Kier alpha value is -0.770. The summed E-state index contributed by atoms with van der Waals surface area (Å²) in [4.78, 5) is 13.5. The van der Waals surface area contributed by atoms with Gasteiger partial charge < -0.3 is 15.0 Å². The second-order valence-electron chi connectivity index (χ2n) is 4.00. The molecule has 0 atom stereocenters. The van der Waals surface area contributed by atoms with Crippen LogP contribution in [0.1, 0.15) is 25.7 Å². The van der Waals surface area contributed by atoms with Crippen LogP contribution in [0.5, 0.6) is 0 Å². The molecular formula is C10H18N2O2. The molecule has 4 heteroatoms. The molecule has 0 spiro atoms. The molecule has 2 aliphatic rings. The molecule has 0 unspecified atom stereocenters. The fourth-order valence-electron chi connectivity index (χ4n) is 2.17. The molecule has 0 aromatic heterocycles. The van der Waals surface area contributed by atoms with Crippen LogP contribution in [0.15, 0.2) is 0 Å². The average molecular weight is 198 g/mol. The molecule has 0 radical (unpaired) electrons. The standard InChI is InChI=1S/C10H18N2O2/c13-10-12(7-1-2-8-14-10)9-3-5-11-6-4-9/h9,11H,1-8H2. The maximum atomic E-state index is 11.6. The van der Waals surface area contributed by atoms with Gasteiger partial charge in [-0.2, -0.15) is 0 Å². The van der Waals surface area contributed by atoms with E-state index in [4.69, 9.17) is 4.74 Å². The minimum Gasteiger partial charge on any atom is -0.449 e. The van der Waals surface area contributed by atoms with Gasteiger partial charge in [0, 0.05) is 12.6 Å². The van der Waals surface area contributed by atoms with Gasteiger partial charge in [0.1, 0.15) is 0 Å². The Morgan fingerprint density at radius 3 is 2.86 bits per heavy atom. The third-order valence-electron chi connectivity index (χ3n) is 3.00. The molecule has 2 saturated heterocycles. The third-order valence-corrected chi connectivity index (χ3v) is 3.00. The molecule has 14 heavy (non-hydrogen) atoms. The Bertz CT molecular complexity index is 202. The highest BCUT2D eigenvalue weighted by Gasteiger charge is 2.27. The summed E-state index contributed by atoms with van der Waals surface area (Å²) in [6.45, 7) is 3.52. The lowest BCUT2D eigenvalue weighted by Crippen LogP contribution is -2.46. The maximum Gasteiger partial charge on any atom is 0.410 e. The van der Waals surface area contributed by atoms with Crippen LogP contribution >= 0.6 is 0 Å².